The van der Waals surface area contributed by atoms with E-state index < -0.39 is 0 Å². The molecule has 92 valence electrons. The standard InChI is InChI=1S/C15H8ClNOS/c16-10-5-6-11-12(8-10)17-13(15(11)18)7-9-3-1-2-4-14(9)19-17/h1-8H. The van der Waals surface area contributed by atoms with E-state index in [1.54, 1.807) is 23.7 Å². The predicted molar refractivity (Wildman–Crippen MR) is 81.1 cm³/mol. The van der Waals surface area contributed by atoms with E-state index in [-0.39, 0.29) is 5.43 Å². The van der Waals surface area contributed by atoms with Gasteiger partial charge in [0.2, 0.25) is 5.43 Å². The van der Waals surface area contributed by atoms with Crippen LogP contribution < -0.4 is 5.43 Å². The Morgan fingerprint density at radius 2 is 1.89 bits per heavy atom. The fourth-order valence-electron chi connectivity index (χ4n) is 2.38. The van der Waals surface area contributed by atoms with E-state index in [9.17, 15) is 4.79 Å². The first-order valence-electron chi connectivity index (χ1n) is 5.87. The maximum atomic E-state index is 12.4. The maximum absolute atomic E-state index is 12.4. The first kappa shape index (κ1) is 11.0. The Labute approximate surface area is 118 Å². The van der Waals surface area contributed by atoms with Crippen molar-refractivity contribution >= 4 is 44.1 Å². The second-order valence-corrected chi connectivity index (χ2v) is 5.87. The van der Waals surface area contributed by atoms with Crippen LogP contribution in [0, 0.1) is 0 Å². The van der Waals surface area contributed by atoms with Crippen molar-refractivity contribution in [3.63, 3.8) is 0 Å². The molecule has 0 fully saturated rings. The van der Waals surface area contributed by atoms with Crippen LogP contribution in [0.1, 0.15) is 0 Å². The molecule has 2 aromatic rings. The molecular weight excluding hydrogens is 278 g/mol. The van der Waals surface area contributed by atoms with Gasteiger partial charge in [-0.2, -0.15) is 0 Å². The van der Waals surface area contributed by atoms with E-state index in [2.05, 4.69) is 6.07 Å². The highest BCUT2D eigenvalue weighted by molar-refractivity contribution is 7.14. The number of benzene rings is 2. The number of hydrogen-bond donors (Lipinski definition) is 0. The smallest absolute Gasteiger partial charge is 0.212 e. The summed E-state index contributed by atoms with van der Waals surface area (Å²) in [4.78, 5) is 12.4. The molecule has 0 spiro atoms. The normalized spacial score (nSPS) is 11.6. The first-order chi connectivity index (χ1) is 9.24. The van der Waals surface area contributed by atoms with Crippen molar-refractivity contribution in [2.75, 3.05) is 0 Å². The Hall–Kier alpha value is -1.84. The van der Waals surface area contributed by atoms with Gasteiger partial charge < -0.3 is 0 Å². The minimum atomic E-state index is 0.0636. The molecule has 0 N–H and O–H groups in total. The highest BCUT2D eigenvalue weighted by atomic mass is 35.5. The third-order valence-corrected chi connectivity index (χ3v) is 4.66. The zero-order chi connectivity index (χ0) is 13.0. The summed E-state index contributed by atoms with van der Waals surface area (Å²) < 4.78 is 3.11. The summed E-state index contributed by atoms with van der Waals surface area (Å²) in [5, 5.41) is 2.45. The molecule has 2 nitrogen and oxygen atoms in total. The van der Waals surface area contributed by atoms with E-state index >= 15 is 0 Å². The number of halogens is 1. The Kier molecular flexibility index (Phi) is 2.22. The second-order valence-electron chi connectivity index (χ2n) is 4.44. The van der Waals surface area contributed by atoms with Crippen LogP contribution in [-0.2, 0) is 0 Å². The fourth-order valence-corrected chi connectivity index (χ4v) is 3.59. The van der Waals surface area contributed by atoms with E-state index in [1.807, 2.05) is 34.3 Å². The highest BCUT2D eigenvalue weighted by Gasteiger charge is 2.16. The van der Waals surface area contributed by atoms with Crippen LogP contribution in [-0.4, -0.2) is 3.96 Å². The van der Waals surface area contributed by atoms with Gasteiger partial charge in [-0.15, -0.1) is 0 Å². The molecule has 0 radical (unpaired) electrons. The molecule has 0 aliphatic carbocycles. The maximum Gasteiger partial charge on any atom is 0.212 e. The molecule has 0 saturated heterocycles. The molecule has 0 amide bonds. The summed E-state index contributed by atoms with van der Waals surface area (Å²) in [6, 6.07) is 15.4. The topological polar surface area (TPSA) is 22.0 Å². The minimum absolute atomic E-state index is 0.0636. The molecule has 2 aromatic carbocycles. The SMILES string of the molecule is O=c1c2cc3ccccc3sn-2c2cc(Cl)ccc12. The summed E-state index contributed by atoms with van der Waals surface area (Å²) in [5.74, 6) is 0. The number of hydrogen-bond acceptors (Lipinski definition) is 2. The van der Waals surface area contributed by atoms with E-state index in [0.29, 0.717) is 10.7 Å². The van der Waals surface area contributed by atoms with Gasteiger partial charge in [-0.25, -0.2) is 0 Å². The second kappa shape index (κ2) is 3.83. The van der Waals surface area contributed by atoms with E-state index in [1.165, 1.54) is 0 Å². The quantitative estimate of drug-likeness (QED) is 0.472. The monoisotopic (exact) mass is 285 g/mol. The molecule has 19 heavy (non-hydrogen) atoms. The third kappa shape index (κ3) is 1.52. The van der Waals surface area contributed by atoms with Crippen molar-refractivity contribution in [2.24, 2.45) is 0 Å². The van der Waals surface area contributed by atoms with Gasteiger partial charge in [0, 0.05) is 10.4 Å². The van der Waals surface area contributed by atoms with Crippen LogP contribution in [0.4, 0.5) is 0 Å². The Morgan fingerprint density at radius 1 is 1.05 bits per heavy atom. The van der Waals surface area contributed by atoms with Crippen molar-refractivity contribution in [2.45, 2.75) is 0 Å². The lowest BCUT2D eigenvalue weighted by Gasteiger charge is -2.05. The lowest BCUT2D eigenvalue weighted by atomic mass is 10.2. The molecule has 2 aliphatic heterocycles. The molecule has 2 aliphatic rings. The summed E-state index contributed by atoms with van der Waals surface area (Å²) in [7, 11) is 0. The molecule has 2 heterocycles. The largest absolute Gasteiger partial charge is 0.287 e. The van der Waals surface area contributed by atoms with Crippen molar-refractivity contribution in [1.82, 2.24) is 3.96 Å². The third-order valence-electron chi connectivity index (χ3n) is 3.28. The van der Waals surface area contributed by atoms with Crippen molar-refractivity contribution in [3.8, 4) is 5.69 Å². The summed E-state index contributed by atoms with van der Waals surface area (Å²) in [5.41, 5.74) is 1.65. The summed E-state index contributed by atoms with van der Waals surface area (Å²) >= 11 is 7.60. The first-order valence-corrected chi connectivity index (χ1v) is 7.02. The average Bonchev–Trinajstić information content (AvgIpc) is 2.69. The number of rotatable bonds is 0. The van der Waals surface area contributed by atoms with Crippen molar-refractivity contribution in [3.05, 3.63) is 63.8 Å². The van der Waals surface area contributed by atoms with Crippen LogP contribution >= 0.6 is 23.1 Å². The molecule has 0 aromatic heterocycles. The summed E-state index contributed by atoms with van der Waals surface area (Å²) in [6.07, 6.45) is 0. The van der Waals surface area contributed by atoms with Crippen LogP contribution in [0.3, 0.4) is 0 Å². The molecule has 0 atom stereocenters. The fraction of sp³-hybridized carbons (Fsp3) is 0. The minimum Gasteiger partial charge on any atom is -0.287 e. The zero-order valence-corrected chi connectivity index (χ0v) is 11.3. The number of nitrogens with zero attached hydrogens (tertiary/aromatic N) is 1. The molecule has 0 saturated carbocycles. The Bertz CT molecular complexity index is 953. The van der Waals surface area contributed by atoms with Gasteiger partial charge in [0.05, 0.1) is 10.2 Å². The van der Waals surface area contributed by atoms with Crippen LogP contribution in [0.15, 0.2) is 53.3 Å². The summed E-state index contributed by atoms with van der Waals surface area (Å²) in [6.45, 7) is 0. The Morgan fingerprint density at radius 3 is 2.79 bits per heavy atom. The lowest BCUT2D eigenvalue weighted by Crippen LogP contribution is -2.00. The molecule has 0 unspecified atom stereocenters. The van der Waals surface area contributed by atoms with Gasteiger partial charge in [0.15, 0.2) is 0 Å². The van der Waals surface area contributed by atoms with Crippen molar-refractivity contribution in [1.29, 1.82) is 0 Å². The van der Waals surface area contributed by atoms with Crippen molar-refractivity contribution < 1.29 is 0 Å². The number of aromatic nitrogens is 1. The van der Waals surface area contributed by atoms with E-state index in [0.717, 1.165) is 21.0 Å². The van der Waals surface area contributed by atoms with E-state index in [4.69, 9.17) is 11.6 Å². The van der Waals surface area contributed by atoms with Crippen LogP contribution in [0.25, 0.3) is 26.7 Å². The average molecular weight is 286 g/mol. The van der Waals surface area contributed by atoms with Gasteiger partial charge >= 0.3 is 0 Å². The zero-order valence-electron chi connectivity index (χ0n) is 9.76. The van der Waals surface area contributed by atoms with Gasteiger partial charge in [0.1, 0.15) is 5.69 Å². The Balaban J connectivity index is 2.30. The molecular formula is C15H8ClNOS. The van der Waals surface area contributed by atoms with Gasteiger partial charge in [-0.05, 0) is 35.7 Å². The molecule has 4 heteroatoms. The van der Waals surface area contributed by atoms with Gasteiger partial charge in [0.25, 0.3) is 0 Å². The van der Waals surface area contributed by atoms with Gasteiger partial charge in [-0.1, -0.05) is 41.3 Å². The number of fused-ring (bicyclic) bond motifs is 4. The van der Waals surface area contributed by atoms with Crippen LogP contribution in [0.5, 0.6) is 0 Å². The predicted octanol–water partition coefficient (Wildman–Crippen LogP) is 4.30. The highest BCUT2D eigenvalue weighted by Crippen LogP contribution is 2.29. The molecule has 4 rings (SSSR count). The lowest BCUT2D eigenvalue weighted by molar-refractivity contribution is 1.27. The van der Waals surface area contributed by atoms with Gasteiger partial charge in [-0.3, -0.25) is 8.75 Å². The van der Waals surface area contributed by atoms with Crippen LogP contribution in [0.2, 0.25) is 5.02 Å². The molecule has 0 bridgehead atoms.